The van der Waals surface area contributed by atoms with Crippen molar-refractivity contribution in [3.8, 4) is 0 Å². The van der Waals surface area contributed by atoms with Crippen LogP contribution >= 0.6 is 0 Å². The molecule has 21 heavy (non-hydrogen) atoms. The molecule has 2 heterocycles. The molecular formula is C16H21N3O2. The molecule has 1 aliphatic rings. The summed E-state index contributed by atoms with van der Waals surface area (Å²) in [6.07, 6.45) is 5.37. The molecule has 0 atom stereocenters. The Labute approximate surface area is 124 Å². The molecule has 5 heteroatoms. The fourth-order valence-corrected chi connectivity index (χ4v) is 2.66. The van der Waals surface area contributed by atoms with Crippen LogP contribution in [-0.4, -0.2) is 29.6 Å². The first kappa shape index (κ1) is 14.2. The molecule has 0 amide bonds. The van der Waals surface area contributed by atoms with Crippen molar-refractivity contribution in [2.45, 2.75) is 25.8 Å². The summed E-state index contributed by atoms with van der Waals surface area (Å²) in [6, 6.07) is 7.18. The maximum Gasteiger partial charge on any atom is 0.258 e. The third kappa shape index (κ3) is 3.31. The Hall–Kier alpha value is -1.72. The van der Waals surface area contributed by atoms with Gasteiger partial charge >= 0.3 is 0 Å². The highest BCUT2D eigenvalue weighted by atomic mass is 16.5. The minimum atomic E-state index is -0.0297. The number of hydrogen-bond donors (Lipinski definition) is 1. The van der Waals surface area contributed by atoms with Gasteiger partial charge in [-0.05, 0) is 36.8 Å². The number of nitrogens with zero attached hydrogens (tertiary/aromatic N) is 2. The van der Waals surface area contributed by atoms with Gasteiger partial charge in [-0.2, -0.15) is 0 Å². The van der Waals surface area contributed by atoms with Gasteiger partial charge in [0, 0.05) is 39.1 Å². The zero-order chi connectivity index (χ0) is 14.7. The summed E-state index contributed by atoms with van der Waals surface area (Å²) in [7, 11) is 1.75. The summed E-state index contributed by atoms with van der Waals surface area (Å²) >= 11 is 0. The van der Waals surface area contributed by atoms with Crippen molar-refractivity contribution in [3.63, 3.8) is 0 Å². The van der Waals surface area contributed by atoms with Crippen molar-refractivity contribution in [1.29, 1.82) is 0 Å². The van der Waals surface area contributed by atoms with E-state index in [-0.39, 0.29) is 5.56 Å². The molecule has 2 aromatic rings. The summed E-state index contributed by atoms with van der Waals surface area (Å²) in [5, 5.41) is 3.44. The van der Waals surface area contributed by atoms with Gasteiger partial charge in [0.2, 0.25) is 0 Å². The van der Waals surface area contributed by atoms with Crippen molar-refractivity contribution < 1.29 is 4.74 Å². The summed E-state index contributed by atoms with van der Waals surface area (Å²) in [5.74, 6) is 0. The monoisotopic (exact) mass is 287 g/mol. The van der Waals surface area contributed by atoms with Crippen LogP contribution in [0.4, 0.5) is 0 Å². The first-order valence-corrected chi connectivity index (χ1v) is 7.39. The van der Waals surface area contributed by atoms with E-state index in [0.717, 1.165) is 25.3 Å². The summed E-state index contributed by atoms with van der Waals surface area (Å²) in [6.45, 7) is 2.42. The largest absolute Gasteiger partial charge is 0.385 e. The van der Waals surface area contributed by atoms with Crippen molar-refractivity contribution in [1.82, 2.24) is 14.7 Å². The molecule has 0 aromatic carbocycles. The van der Waals surface area contributed by atoms with E-state index in [1.807, 2.05) is 18.2 Å². The summed E-state index contributed by atoms with van der Waals surface area (Å²) in [4.78, 5) is 16.5. The lowest BCUT2D eigenvalue weighted by molar-refractivity contribution is 0.171. The number of ether oxygens (including phenoxy) is 1. The molecule has 0 aliphatic heterocycles. The van der Waals surface area contributed by atoms with E-state index in [1.165, 1.54) is 12.8 Å². The maximum atomic E-state index is 12.0. The van der Waals surface area contributed by atoms with E-state index >= 15 is 0 Å². The lowest BCUT2D eigenvalue weighted by atomic mass is 10.0. The Kier molecular flexibility index (Phi) is 4.03. The number of rotatable bonds is 7. The van der Waals surface area contributed by atoms with Crippen LogP contribution < -0.4 is 10.9 Å². The molecule has 0 bridgehead atoms. The topological polar surface area (TPSA) is 55.6 Å². The Morgan fingerprint density at radius 2 is 2.29 bits per heavy atom. The van der Waals surface area contributed by atoms with E-state index < -0.39 is 0 Å². The van der Waals surface area contributed by atoms with Crippen LogP contribution in [0, 0.1) is 5.41 Å². The Bertz CT molecular complexity index is 677. The molecule has 5 nitrogen and oxygen atoms in total. The molecule has 0 spiro atoms. The molecule has 112 valence electrons. The van der Waals surface area contributed by atoms with Crippen LogP contribution in [0.5, 0.6) is 0 Å². The van der Waals surface area contributed by atoms with Crippen LogP contribution in [0.1, 0.15) is 25.0 Å². The molecule has 1 aliphatic carbocycles. The molecule has 1 N–H and O–H groups in total. The normalized spacial score (nSPS) is 16.2. The first-order valence-electron chi connectivity index (χ1n) is 7.39. The Morgan fingerprint density at radius 3 is 3.05 bits per heavy atom. The second kappa shape index (κ2) is 5.95. The fourth-order valence-electron chi connectivity index (χ4n) is 2.66. The number of methoxy groups -OCH3 is 1. The lowest BCUT2D eigenvalue weighted by Gasteiger charge is -2.15. The molecule has 2 aromatic heterocycles. The van der Waals surface area contributed by atoms with Crippen LogP contribution in [0.3, 0.4) is 0 Å². The van der Waals surface area contributed by atoms with E-state index in [1.54, 1.807) is 23.8 Å². The van der Waals surface area contributed by atoms with Crippen molar-refractivity contribution in [2.24, 2.45) is 5.41 Å². The molecular weight excluding hydrogens is 266 g/mol. The van der Waals surface area contributed by atoms with Gasteiger partial charge in [0.25, 0.3) is 5.56 Å². The van der Waals surface area contributed by atoms with Gasteiger partial charge in [0.1, 0.15) is 5.65 Å². The van der Waals surface area contributed by atoms with Gasteiger partial charge in [0.15, 0.2) is 0 Å². The van der Waals surface area contributed by atoms with E-state index in [9.17, 15) is 4.79 Å². The predicted molar refractivity (Wildman–Crippen MR) is 81.3 cm³/mol. The number of nitrogens with one attached hydrogen (secondary N) is 1. The first-order chi connectivity index (χ1) is 10.2. The van der Waals surface area contributed by atoms with Gasteiger partial charge in [-0.15, -0.1) is 0 Å². The summed E-state index contributed by atoms with van der Waals surface area (Å²) in [5.41, 5.74) is 1.87. The highest BCUT2D eigenvalue weighted by Crippen LogP contribution is 2.48. The average Bonchev–Trinajstić information content (AvgIpc) is 3.26. The molecule has 1 saturated carbocycles. The van der Waals surface area contributed by atoms with Crippen LogP contribution in [0.25, 0.3) is 5.65 Å². The molecule has 0 saturated heterocycles. The van der Waals surface area contributed by atoms with Crippen molar-refractivity contribution >= 4 is 5.65 Å². The lowest BCUT2D eigenvalue weighted by Crippen LogP contribution is -2.26. The number of fused-ring (bicyclic) bond motifs is 1. The smallest absolute Gasteiger partial charge is 0.258 e. The minimum absolute atomic E-state index is 0.0297. The average molecular weight is 287 g/mol. The Morgan fingerprint density at radius 1 is 1.43 bits per heavy atom. The second-order valence-electron chi connectivity index (χ2n) is 5.86. The van der Waals surface area contributed by atoms with Crippen LogP contribution in [0.2, 0.25) is 0 Å². The van der Waals surface area contributed by atoms with Crippen LogP contribution in [-0.2, 0) is 11.3 Å². The Balaban J connectivity index is 1.62. The zero-order valence-corrected chi connectivity index (χ0v) is 12.3. The van der Waals surface area contributed by atoms with Crippen molar-refractivity contribution in [3.05, 3.63) is 46.5 Å². The molecule has 0 radical (unpaired) electrons. The van der Waals surface area contributed by atoms with E-state index in [0.29, 0.717) is 17.6 Å². The third-order valence-electron chi connectivity index (χ3n) is 4.22. The van der Waals surface area contributed by atoms with Crippen LogP contribution in [0.15, 0.2) is 35.3 Å². The van der Waals surface area contributed by atoms with Gasteiger partial charge in [-0.25, -0.2) is 4.98 Å². The predicted octanol–water partition coefficient (Wildman–Crippen LogP) is 1.60. The minimum Gasteiger partial charge on any atom is -0.385 e. The van der Waals surface area contributed by atoms with Gasteiger partial charge in [0.05, 0.1) is 5.69 Å². The van der Waals surface area contributed by atoms with Gasteiger partial charge < -0.3 is 10.1 Å². The zero-order valence-electron chi connectivity index (χ0n) is 12.3. The fraction of sp³-hybridized carbons (Fsp3) is 0.500. The van der Waals surface area contributed by atoms with E-state index in [2.05, 4.69) is 10.3 Å². The maximum absolute atomic E-state index is 12.0. The summed E-state index contributed by atoms with van der Waals surface area (Å²) < 4.78 is 6.72. The third-order valence-corrected chi connectivity index (χ3v) is 4.22. The SMILES string of the molecule is COCCC1(CNCc2cc(=O)n3ccccc3n2)CC1. The molecule has 0 unspecified atom stereocenters. The molecule has 3 rings (SSSR count). The molecule has 1 fully saturated rings. The number of aromatic nitrogens is 2. The standard InChI is InChI=1S/C16H21N3O2/c1-21-9-7-16(5-6-16)12-17-11-13-10-15(20)19-8-3-2-4-14(19)18-13/h2-4,8,10,17H,5-7,9,11-12H2,1H3. The number of hydrogen-bond acceptors (Lipinski definition) is 4. The van der Waals surface area contributed by atoms with Gasteiger partial charge in [-0.3, -0.25) is 9.20 Å². The second-order valence-corrected chi connectivity index (χ2v) is 5.86. The highest BCUT2D eigenvalue weighted by Gasteiger charge is 2.41. The van der Waals surface area contributed by atoms with Gasteiger partial charge in [-0.1, -0.05) is 6.07 Å². The van der Waals surface area contributed by atoms with E-state index in [4.69, 9.17) is 4.74 Å². The van der Waals surface area contributed by atoms with Crippen molar-refractivity contribution in [2.75, 3.05) is 20.3 Å². The quantitative estimate of drug-likeness (QED) is 0.840. The number of pyridine rings is 1. The highest BCUT2D eigenvalue weighted by molar-refractivity contribution is 5.37.